The molecule has 0 amide bonds. The Morgan fingerprint density at radius 3 is 2.85 bits per heavy atom. The summed E-state index contributed by atoms with van der Waals surface area (Å²) in [7, 11) is 0. The lowest BCUT2D eigenvalue weighted by atomic mass is 9.99. The Bertz CT molecular complexity index is 623. The van der Waals surface area contributed by atoms with E-state index in [1.807, 2.05) is 18.2 Å². The highest BCUT2D eigenvalue weighted by Crippen LogP contribution is 2.34. The van der Waals surface area contributed by atoms with Crippen LogP contribution in [0.2, 0.25) is 0 Å². The highest BCUT2D eigenvalue weighted by molar-refractivity contribution is 7.15. The first-order valence-corrected chi connectivity index (χ1v) is 6.85. The Balaban J connectivity index is 1.86. The van der Waals surface area contributed by atoms with Gasteiger partial charge in [0, 0.05) is 12.2 Å². The van der Waals surface area contributed by atoms with Crippen molar-refractivity contribution < 1.29 is 13.2 Å². The fraction of sp³-hybridized carbons (Fsp3) is 0.333. The minimum absolute atomic E-state index is 0.157. The number of benzene rings is 1. The van der Waals surface area contributed by atoms with E-state index in [0.29, 0.717) is 11.3 Å². The van der Waals surface area contributed by atoms with Crippen molar-refractivity contribution in [1.82, 2.24) is 15.5 Å². The van der Waals surface area contributed by atoms with E-state index in [1.165, 1.54) is 0 Å². The van der Waals surface area contributed by atoms with Crippen LogP contribution in [0.4, 0.5) is 24.0 Å². The van der Waals surface area contributed by atoms with E-state index in [4.69, 9.17) is 0 Å². The highest BCUT2D eigenvalue weighted by atomic mass is 32.1. The first-order valence-electron chi connectivity index (χ1n) is 6.03. The molecule has 3 rings (SSSR count). The minimum atomic E-state index is -4.45. The lowest BCUT2D eigenvalue weighted by molar-refractivity contribution is -0.138. The third kappa shape index (κ3) is 2.61. The van der Waals surface area contributed by atoms with E-state index in [2.05, 4.69) is 20.8 Å². The zero-order valence-corrected chi connectivity index (χ0v) is 11.1. The van der Waals surface area contributed by atoms with Gasteiger partial charge in [-0.3, -0.25) is 0 Å². The molecule has 8 heteroatoms. The van der Waals surface area contributed by atoms with E-state index < -0.39 is 11.2 Å². The van der Waals surface area contributed by atoms with Gasteiger partial charge in [0.1, 0.15) is 0 Å². The van der Waals surface area contributed by atoms with E-state index in [-0.39, 0.29) is 5.13 Å². The summed E-state index contributed by atoms with van der Waals surface area (Å²) in [6, 6.07) is 5.73. The predicted molar refractivity (Wildman–Crippen MR) is 70.0 cm³/mol. The van der Waals surface area contributed by atoms with Gasteiger partial charge in [0.05, 0.1) is 0 Å². The van der Waals surface area contributed by atoms with Gasteiger partial charge in [-0.25, -0.2) is 0 Å². The van der Waals surface area contributed by atoms with Crippen LogP contribution in [0, 0.1) is 0 Å². The third-order valence-electron chi connectivity index (χ3n) is 3.05. The second-order valence-electron chi connectivity index (χ2n) is 4.41. The van der Waals surface area contributed by atoms with Gasteiger partial charge in [-0.2, -0.15) is 13.2 Å². The lowest BCUT2D eigenvalue weighted by Gasteiger charge is -2.20. The summed E-state index contributed by atoms with van der Waals surface area (Å²) in [6.45, 7) is 1.63. The van der Waals surface area contributed by atoms with Gasteiger partial charge in [0.15, 0.2) is 0 Å². The van der Waals surface area contributed by atoms with Crippen LogP contribution >= 0.6 is 11.3 Å². The van der Waals surface area contributed by atoms with Gasteiger partial charge in [-0.1, -0.05) is 23.5 Å². The number of halogens is 3. The molecule has 2 aromatic rings. The van der Waals surface area contributed by atoms with Crippen molar-refractivity contribution >= 4 is 22.2 Å². The van der Waals surface area contributed by atoms with Gasteiger partial charge < -0.3 is 10.6 Å². The maximum atomic E-state index is 12.5. The second kappa shape index (κ2) is 5.02. The molecule has 0 atom stereocenters. The summed E-state index contributed by atoms with van der Waals surface area (Å²) in [5.74, 6) is 0. The lowest BCUT2D eigenvalue weighted by Crippen LogP contribution is -2.24. The van der Waals surface area contributed by atoms with Crippen LogP contribution in [-0.2, 0) is 19.1 Å². The molecule has 0 spiro atoms. The first kappa shape index (κ1) is 13.3. The summed E-state index contributed by atoms with van der Waals surface area (Å²) < 4.78 is 37.5. The fourth-order valence-corrected chi connectivity index (χ4v) is 2.78. The number of hydrogen-bond acceptors (Lipinski definition) is 5. The Hall–Kier alpha value is -1.67. The van der Waals surface area contributed by atoms with Crippen molar-refractivity contribution in [2.45, 2.75) is 19.1 Å². The molecular weight excluding hydrogens is 289 g/mol. The highest BCUT2D eigenvalue weighted by Gasteiger charge is 2.35. The van der Waals surface area contributed by atoms with Crippen molar-refractivity contribution in [3.05, 3.63) is 34.3 Å². The van der Waals surface area contributed by atoms with Gasteiger partial charge in [0.2, 0.25) is 10.1 Å². The molecule has 0 aliphatic carbocycles. The van der Waals surface area contributed by atoms with Crippen molar-refractivity contribution in [3.8, 4) is 0 Å². The Kier molecular flexibility index (Phi) is 3.35. The topological polar surface area (TPSA) is 49.8 Å². The van der Waals surface area contributed by atoms with Gasteiger partial charge in [-0.05, 0) is 30.2 Å². The Morgan fingerprint density at radius 2 is 2.10 bits per heavy atom. The third-order valence-corrected chi connectivity index (χ3v) is 3.93. The summed E-state index contributed by atoms with van der Waals surface area (Å²) in [4.78, 5) is 0. The number of rotatable bonds is 2. The molecule has 106 valence electrons. The summed E-state index contributed by atoms with van der Waals surface area (Å²) in [5, 5.41) is 12.1. The van der Waals surface area contributed by atoms with Crippen molar-refractivity contribution in [1.29, 1.82) is 0 Å². The van der Waals surface area contributed by atoms with Crippen LogP contribution in [0.25, 0.3) is 0 Å². The molecule has 2 N–H and O–H groups in total. The summed E-state index contributed by atoms with van der Waals surface area (Å²) in [6.07, 6.45) is -3.61. The van der Waals surface area contributed by atoms with Crippen LogP contribution in [0.3, 0.4) is 0 Å². The van der Waals surface area contributed by atoms with Crippen molar-refractivity contribution in [3.63, 3.8) is 0 Å². The molecule has 0 saturated heterocycles. The summed E-state index contributed by atoms with van der Waals surface area (Å²) in [5.41, 5.74) is 3.07. The number of nitrogens with one attached hydrogen (secondary N) is 2. The van der Waals surface area contributed by atoms with E-state index in [0.717, 1.165) is 36.3 Å². The minimum Gasteiger partial charge on any atom is -0.330 e. The average Bonchev–Trinajstić information content (AvgIpc) is 2.88. The van der Waals surface area contributed by atoms with E-state index in [9.17, 15) is 13.2 Å². The first-order chi connectivity index (χ1) is 9.54. The van der Waals surface area contributed by atoms with Crippen LogP contribution < -0.4 is 10.6 Å². The maximum Gasteiger partial charge on any atom is 0.445 e. The summed E-state index contributed by atoms with van der Waals surface area (Å²) >= 11 is 0.511. The smallest absolute Gasteiger partial charge is 0.330 e. The fourth-order valence-electron chi connectivity index (χ4n) is 2.15. The SMILES string of the molecule is FC(F)(F)c1nnc(Nc2cccc3c2CCNC3)s1. The largest absolute Gasteiger partial charge is 0.445 e. The molecule has 0 bridgehead atoms. The van der Waals surface area contributed by atoms with Gasteiger partial charge in [0.25, 0.3) is 0 Å². The molecule has 0 unspecified atom stereocenters. The predicted octanol–water partition coefficient (Wildman–Crippen LogP) is 2.95. The van der Waals surface area contributed by atoms with Crippen LogP contribution in [-0.4, -0.2) is 16.7 Å². The van der Waals surface area contributed by atoms with E-state index >= 15 is 0 Å². The van der Waals surface area contributed by atoms with Gasteiger partial charge in [-0.15, -0.1) is 10.2 Å². The monoisotopic (exact) mass is 300 g/mol. The zero-order chi connectivity index (χ0) is 14.2. The van der Waals surface area contributed by atoms with Crippen LogP contribution in [0.5, 0.6) is 0 Å². The molecule has 1 aromatic heterocycles. The number of nitrogens with zero attached hydrogens (tertiary/aromatic N) is 2. The van der Waals surface area contributed by atoms with Crippen LogP contribution in [0.15, 0.2) is 18.2 Å². The molecule has 0 saturated carbocycles. The quantitative estimate of drug-likeness (QED) is 0.895. The Labute approximate surface area is 117 Å². The molecule has 2 heterocycles. The number of hydrogen-bond donors (Lipinski definition) is 2. The van der Waals surface area contributed by atoms with Gasteiger partial charge >= 0.3 is 6.18 Å². The number of fused-ring (bicyclic) bond motifs is 1. The molecule has 20 heavy (non-hydrogen) atoms. The number of alkyl halides is 3. The molecule has 0 radical (unpaired) electrons. The average molecular weight is 300 g/mol. The molecule has 1 aliphatic heterocycles. The van der Waals surface area contributed by atoms with Crippen LogP contribution in [0.1, 0.15) is 16.1 Å². The number of anilines is 2. The zero-order valence-electron chi connectivity index (χ0n) is 10.3. The maximum absolute atomic E-state index is 12.5. The molecular formula is C12H11F3N4S. The van der Waals surface area contributed by atoms with E-state index in [1.54, 1.807) is 0 Å². The molecule has 4 nitrogen and oxygen atoms in total. The molecule has 1 aromatic carbocycles. The standard InChI is InChI=1S/C12H11F3N4S/c13-12(14,15)10-18-19-11(20-10)17-9-3-1-2-7-6-16-5-4-8(7)9/h1-3,16H,4-6H2,(H,17,19). The number of aromatic nitrogens is 2. The van der Waals surface area contributed by atoms with Crippen molar-refractivity contribution in [2.24, 2.45) is 0 Å². The second-order valence-corrected chi connectivity index (χ2v) is 5.38. The Morgan fingerprint density at radius 1 is 1.25 bits per heavy atom. The normalized spacial score (nSPS) is 14.9. The van der Waals surface area contributed by atoms with Crippen molar-refractivity contribution in [2.75, 3.05) is 11.9 Å². The molecule has 1 aliphatic rings. The molecule has 0 fully saturated rings.